The average molecular weight is 623 g/mol. The molecule has 0 bridgehead atoms. The minimum Gasteiger partial charge on any atom is -0.455 e. The summed E-state index contributed by atoms with van der Waals surface area (Å²) in [6.45, 7) is 9.07. The van der Waals surface area contributed by atoms with Gasteiger partial charge in [0.05, 0.1) is 23.9 Å². The summed E-state index contributed by atoms with van der Waals surface area (Å²) in [7, 11) is 0. The second-order valence-electron chi connectivity index (χ2n) is 12.1. The second kappa shape index (κ2) is 12.8. The molecule has 1 N–H and O–H groups in total. The number of rotatable bonds is 7. The minimum atomic E-state index is -4.51. The van der Waals surface area contributed by atoms with Gasteiger partial charge in [0, 0.05) is 69.9 Å². The fourth-order valence-electron chi connectivity index (χ4n) is 6.41. The number of carbonyl (C=O) groups is 2. The molecule has 1 saturated heterocycles. The topological polar surface area (TPSA) is 90.9 Å². The van der Waals surface area contributed by atoms with Crippen molar-refractivity contribution >= 4 is 17.6 Å². The molecule has 0 spiro atoms. The van der Waals surface area contributed by atoms with Crippen LogP contribution in [0.3, 0.4) is 0 Å². The maximum Gasteiger partial charge on any atom is 0.416 e. The summed E-state index contributed by atoms with van der Waals surface area (Å²) in [4.78, 5) is 40.1. The quantitative estimate of drug-likeness (QED) is 0.397. The first-order valence-electron chi connectivity index (χ1n) is 15.4. The van der Waals surface area contributed by atoms with Gasteiger partial charge in [0.1, 0.15) is 17.3 Å². The molecule has 12 heteroatoms. The van der Waals surface area contributed by atoms with E-state index in [9.17, 15) is 22.8 Å². The fourth-order valence-corrected chi connectivity index (χ4v) is 6.41. The van der Waals surface area contributed by atoms with Gasteiger partial charge in [0.2, 0.25) is 11.8 Å². The number of piperazine rings is 1. The van der Waals surface area contributed by atoms with E-state index in [0.29, 0.717) is 42.3 Å². The Hall–Kier alpha value is -4.03. The number of hydrogen-bond acceptors (Lipinski definition) is 7. The van der Waals surface area contributed by atoms with E-state index in [1.165, 1.54) is 6.07 Å². The van der Waals surface area contributed by atoms with Crippen LogP contribution in [0.5, 0.6) is 11.5 Å². The number of anilines is 1. The van der Waals surface area contributed by atoms with E-state index < -0.39 is 11.7 Å². The van der Waals surface area contributed by atoms with Gasteiger partial charge in [0.25, 0.3) is 0 Å². The lowest BCUT2D eigenvalue weighted by Gasteiger charge is -2.34. The Kier molecular flexibility index (Phi) is 8.78. The summed E-state index contributed by atoms with van der Waals surface area (Å²) in [5.41, 5.74) is 2.40. The molecule has 9 nitrogen and oxygen atoms in total. The van der Waals surface area contributed by atoms with E-state index >= 15 is 0 Å². The molecule has 2 amide bonds. The number of fused-ring (bicyclic) bond motifs is 2. The van der Waals surface area contributed by atoms with E-state index in [4.69, 9.17) is 4.74 Å². The maximum atomic E-state index is 14.1. The van der Waals surface area contributed by atoms with Crippen molar-refractivity contribution in [3.8, 4) is 11.5 Å². The molecule has 2 aromatic heterocycles. The van der Waals surface area contributed by atoms with Gasteiger partial charge >= 0.3 is 6.18 Å². The standard InChI is InChI=1S/C33H37F3N6O3/c1-3-40-10-12-41(13-11-40)19-23-5-4-22(14-27(23)33(34,35)36)15-30(44)42-18-21(2)31-24(20-42)16-25(17-38-31)45-28-8-9-37-32-26(28)6-7-29(43)39-32/h4-5,8-9,14,16-17,21H,3,6-7,10-13,15,18-20H2,1-2H3,(H,37,39,43). The van der Waals surface area contributed by atoms with Crippen LogP contribution < -0.4 is 10.1 Å². The van der Waals surface area contributed by atoms with Crippen molar-refractivity contribution < 1.29 is 27.5 Å². The smallest absolute Gasteiger partial charge is 0.416 e. The number of alkyl halides is 3. The molecule has 45 heavy (non-hydrogen) atoms. The van der Waals surface area contributed by atoms with E-state index in [1.54, 1.807) is 29.4 Å². The van der Waals surface area contributed by atoms with Crippen LogP contribution in [0, 0.1) is 0 Å². The zero-order chi connectivity index (χ0) is 31.7. The normalized spacial score (nSPS) is 19.1. The molecule has 6 rings (SSSR count). The number of aromatic nitrogens is 2. The monoisotopic (exact) mass is 622 g/mol. The van der Waals surface area contributed by atoms with Gasteiger partial charge in [-0.2, -0.15) is 13.2 Å². The third-order valence-electron chi connectivity index (χ3n) is 8.89. The first-order valence-corrected chi connectivity index (χ1v) is 15.4. The molecule has 0 aliphatic carbocycles. The van der Waals surface area contributed by atoms with E-state index in [2.05, 4.69) is 32.0 Å². The third kappa shape index (κ3) is 6.96. The van der Waals surface area contributed by atoms with Crippen molar-refractivity contribution in [1.29, 1.82) is 0 Å². The third-order valence-corrected chi connectivity index (χ3v) is 8.89. The maximum absolute atomic E-state index is 14.1. The Labute approximate surface area is 260 Å². The van der Waals surface area contributed by atoms with Gasteiger partial charge in [-0.25, -0.2) is 4.98 Å². The van der Waals surface area contributed by atoms with Crippen LogP contribution in [0.2, 0.25) is 0 Å². The lowest BCUT2D eigenvalue weighted by Crippen LogP contribution is -2.45. The van der Waals surface area contributed by atoms with Gasteiger partial charge in [-0.15, -0.1) is 0 Å². The number of ether oxygens (including phenoxy) is 1. The van der Waals surface area contributed by atoms with Crippen molar-refractivity contribution in [2.45, 2.75) is 58.3 Å². The largest absolute Gasteiger partial charge is 0.455 e. The van der Waals surface area contributed by atoms with Crippen molar-refractivity contribution in [3.05, 3.63) is 76.2 Å². The van der Waals surface area contributed by atoms with Crippen molar-refractivity contribution in [2.75, 3.05) is 44.6 Å². The Morgan fingerprint density at radius 1 is 1.07 bits per heavy atom. The highest BCUT2D eigenvalue weighted by molar-refractivity contribution is 5.93. The van der Waals surface area contributed by atoms with Crippen LogP contribution in [-0.2, 0) is 41.7 Å². The minimum absolute atomic E-state index is 0.0584. The molecule has 3 aromatic rings. The van der Waals surface area contributed by atoms with Crippen molar-refractivity contribution in [3.63, 3.8) is 0 Å². The molecule has 1 atom stereocenters. The van der Waals surface area contributed by atoms with E-state index in [1.807, 2.05) is 13.0 Å². The molecule has 1 fully saturated rings. The summed E-state index contributed by atoms with van der Waals surface area (Å²) in [5.74, 6) is 1.16. The van der Waals surface area contributed by atoms with E-state index in [0.717, 1.165) is 55.6 Å². The number of amides is 2. The van der Waals surface area contributed by atoms with Crippen molar-refractivity contribution in [1.82, 2.24) is 24.7 Å². The molecular weight excluding hydrogens is 585 g/mol. The number of pyridine rings is 2. The predicted octanol–water partition coefficient (Wildman–Crippen LogP) is 5.00. The molecule has 0 saturated carbocycles. The zero-order valence-corrected chi connectivity index (χ0v) is 25.5. The molecule has 0 radical (unpaired) electrons. The number of hydrogen-bond donors (Lipinski definition) is 1. The first kappa shape index (κ1) is 31.0. The molecule has 5 heterocycles. The van der Waals surface area contributed by atoms with Gasteiger partial charge < -0.3 is 19.9 Å². The number of nitrogens with zero attached hydrogens (tertiary/aromatic N) is 5. The van der Waals surface area contributed by atoms with Crippen molar-refractivity contribution in [2.24, 2.45) is 0 Å². The molecule has 238 valence electrons. The summed E-state index contributed by atoms with van der Waals surface area (Å²) in [6.07, 6.45) is -0.576. The zero-order valence-electron chi connectivity index (χ0n) is 25.5. The SMILES string of the molecule is CCN1CCN(Cc2ccc(CC(=O)N3Cc4cc(Oc5ccnc6c5CCC(=O)N6)cnc4C(C)C3)cc2C(F)(F)F)CC1. The van der Waals surface area contributed by atoms with E-state index in [-0.39, 0.29) is 42.8 Å². The molecule has 3 aliphatic rings. The highest BCUT2D eigenvalue weighted by atomic mass is 19.4. The van der Waals surface area contributed by atoms with Gasteiger partial charge in [-0.05, 0) is 47.9 Å². The highest BCUT2D eigenvalue weighted by Gasteiger charge is 2.35. The van der Waals surface area contributed by atoms with Gasteiger partial charge in [-0.3, -0.25) is 19.5 Å². The van der Waals surface area contributed by atoms with Gasteiger partial charge in [0.15, 0.2) is 0 Å². The lowest BCUT2D eigenvalue weighted by molar-refractivity contribution is -0.139. The number of likely N-dealkylation sites (N-methyl/N-ethyl adjacent to an activating group) is 1. The molecular formula is C33H37F3N6O3. The van der Waals surface area contributed by atoms with Crippen LogP contribution >= 0.6 is 0 Å². The second-order valence-corrected chi connectivity index (χ2v) is 12.1. The lowest BCUT2D eigenvalue weighted by atomic mass is 9.95. The predicted molar refractivity (Wildman–Crippen MR) is 162 cm³/mol. The Morgan fingerprint density at radius 2 is 1.84 bits per heavy atom. The molecule has 3 aliphatic heterocycles. The van der Waals surface area contributed by atoms with Crippen LogP contribution in [0.4, 0.5) is 19.0 Å². The van der Waals surface area contributed by atoms with Crippen LogP contribution in [0.1, 0.15) is 59.7 Å². The molecule has 1 unspecified atom stereocenters. The number of halogens is 3. The number of nitrogens with one attached hydrogen (secondary N) is 1. The fraction of sp³-hybridized carbons (Fsp3) is 0.455. The Balaban J connectivity index is 1.15. The summed E-state index contributed by atoms with van der Waals surface area (Å²) < 4.78 is 48.6. The number of benzene rings is 1. The number of carbonyl (C=O) groups excluding carboxylic acids is 2. The highest BCUT2D eigenvalue weighted by Crippen LogP contribution is 2.36. The van der Waals surface area contributed by atoms with Crippen LogP contribution in [0.15, 0.2) is 42.7 Å². The first-order chi connectivity index (χ1) is 21.6. The Morgan fingerprint density at radius 3 is 2.60 bits per heavy atom. The Bertz CT molecular complexity index is 1590. The van der Waals surface area contributed by atoms with Gasteiger partial charge in [-0.1, -0.05) is 26.0 Å². The summed E-state index contributed by atoms with van der Waals surface area (Å²) in [6, 6.07) is 7.91. The molecule has 1 aromatic carbocycles. The van der Waals surface area contributed by atoms with Crippen LogP contribution in [0.25, 0.3) is 0 Å². The average Bonchev–Trinajstić information content (AvgIpc) is 3.01. The summed E-state index contributed by atoms with van der Waals surface area (Å²) in [5, 5.41) is 2.76. The van der Waals surface area contributed by atoms with Crippen LogP contribution in [-0.4, -0.2) is 75.8 Å². The summed E-state index contributed by atoms with van der Waals surface area (Å²) >= 11 is 0.